The van der Waals surface area contributed by atoms with E-state index in [0.29, 0.717) is 13.1 Å². The second-order valence-corrected chi connectivity index (χ2v) is 4.27. The number of hydrogen-bond acceptors (Lipinski definition) is 4. The van der Waals surface area contributed by atoms with Crippen LogP contribution < -0.4 is 5.32 Å². The van der Waals surface area contributed by atoms with E-state index in [1.165, 1.54) is 0 Å². The highest BCUT2D eigenvalue weighted by molar-refractivity contribution is 6.31. The minimum absolute atomic E-state index is 0.145. The van der Waals surface area contributed by atoms with Crippen molar-refractivity contribution in [2.75, 3.05) is 32.0 Å². The number of nitrogens with zero attached hydrogens (tertiary/aromatic N) is 2. The lowest BCUT2D eigenvalue weighted by Gasteiger charge is -2.14. The van der Waals surface area contributed by atoms with Gasteiger partial charge in [0.05, 0.1) is 9.95 Å². The first-order chi connectivity index (χ1) is 8.45. The minimum atomic E-state index is -0.673. The van der Waals surface area contributed by atoms with Crippen LogP contribution in [0.4, 0.5) is 15.8 Å². The van der Waals surface area contributed by atoms with Crippen molar-refractivity contribution in [2.24, 2.45) is 0 Å². The highest BCUT2D eigenvalue weighted by atomic mass is 35.5. The van der Waals surface area contributed by atoms with Gasteiger partial charge in [0.25, 0.3) is 5.69 Å². The quantitative estimate of drug-likeness (QED) is 0.641. The van der Waals surface area contributed by atoms with Gasteiger partial charge in [-0.2, -0.15) is 0 Å². The largest absolute Gasteiger partial charge is 0.378 e. The molecule has 1 aromatic rings. The summed E-state index contributed by atoms with van der Waals surface area (Å²) in [4.78, 5) is 12.3. The summed E-state index contributed by atoms with van der Waals surface area (Å²) in [6.07, 6.45) is 0. The number of nitro groups is 1. The number of benzene rings is 1. The summed E-state index contributed by atoms with van der Waals surface area (Å²) >= 11 is 5.52. The van der Waals surface area contributed by atoms with Gasteiger partial charge in [0.1, 0.15) is 11.5 Å². The van der Waals surface area contributed by atoms with E-state index in [1.807, 2.05) is 18.9 Å². The van der Waals surface area contributed by atoms with E-state index >= 15 is 0 Å². The Kier molecular flexibility index (Phi) is 5.30. The molecule has 0 amide bonds. The number of rotatable bonds is 6. The Morgan fingerprint density at radius 1 is 1.56 bits per heavy atom. The molecule has 0 aromatic heterocycles. The predicted octanol–water partition coefficient (Wildman–Crippen LogP) is 2.75. The van der Waals surface area contributed by atoms with E-state index in [9.17, 15) is 14.5 Å². The van der Waals surface area contributed by atoms with Crippen molar-refractivity contribution in [3.63, 3.8) is 0 Å². The third-order valence-electron chi connectivity index (χ3n) is 2.58. The molecule has 0 aliphatic rings. The average molecular weight is 276 g/mol. The summed E-state index contributed by atoms with van der Waals surface area (Å²) in [5.41, 5.74) is -0.0769. The number of halogens is 2. The summed E-state index contributed by atoms with van der Waals surface area (Å²) < 4.78 is 13.3. The van der Waals surface area contributed by atoms with E-state index in [2.05, 4.69) is 5.32 Å². The molecule has 0 spiro atoms. The summed E-state index contributed by atoms with van der Waals surface area (Å²) in [7, 11) is 1.93. The van der Waals surface area contributed by atoms with Crippen LogP contribution in [0.3, 0.4) is 0 Å². The second-order valence-electron chi connectivity index (χ2n) is 3.86. The van der Waals surface area contributed by atoms with Crippen LogP contribution in [0.25, 0.3) is 0 Å². The molecular formula is C11H15ClFN3O2. The van der Waals surface area contributed by atoms with Crippen molar-refractivity contribution in [3.8, 4) is 0 Å². The maximum Gasteiger partial charge on any atom is 0.294 e. The monoisotopic (exact) mass is 275 g/mol. The highest BCUT2D eigenvalue weighted by Crippen LogP contribution is 2.30. The lowest BCUT2D eigenvalue weighted by molar-refractivity contribution is -0.384. The molecule has 0 fully saturated rings. The third-order valence-corrected chi connectivity index (χ3v) is 2.87. The smallest absolute Gasteiger partial charge is 0.294 e. The van der Waals surface area contributed by atoms with Crippen LogP contribution in [0.15, 0.2) is 12.1 Å². The summed E-state index contributed by atoms with van der Waals surface area (Å²) in [5.74, 6) is -0.673. The van der Waals surface area contributed by atoms with Crippen molar-refractivity contribution >= 4 is 23.0 Å². The molecule has 18 heavy (non-hydrogen) atoms. The molecule has 0 bridgehead atoms. The maximum absolute atomic E-state index is 13.3. The molecule has 100 valence electrons. The first kappa shape index (κ1) is 14.7. The molecule has 7 heteroatoms. The predicted molar refractivity (Wildman–Crippen MR) is 69.7 cm³/mol. The molecule has 0 unspecified atom stereocenters. The Balaban J connectivity index is 2.80. The fraction of sp³-hybridized carbons (Fsp3) is 0.455. The first-order valence-corrected chi connectivity index (χ1v) is 5.89. The molecule has 0 aliphatic heterocycles. The number of likely N-dealkylation sites (N-methyl/N-ethyl adjacent to an activating group) is 1. The van der Waals surface area contributed by atoms with Gasteiger partial charge in [-0.1, -0.05) is 18.5 Å². The number of hydrogen-bond donors (Lipinski definition) is 1. The van der Waals surface area contributed by atoms with E-state index in [0.717, 1.165) is 18.7 Å². The number of anilines is 1. The lowest BCUT2D eigenvalue weighted by Crippen LogP contribution is -2.24. The zero-order valence-electron chi connectivity index (χ0n) is 10.2. The molecular weight excluding hydrogens is 261 g/mol. The zero-order valence-corrected chi connectivity index (χ0v) is 11.0. The van der Waals surface area contributed by atoms with E-state index in [4.69, 9.17) is 11.6 Å². The molecule has 1 rings (SSSR count). The van der Waals surface area contributed by atoms with E-state index < -0.39 is 10.7 Å². The summed E-state index contributed by atoms with van der Waals surface area (Å²) in [6, 6.07) is 2.06. The summed E-state index contributed by atoms with van der Waals surface area (Å²) in [5, 5.41) is 13.4. The van der Waals surface area contributed by atoms with Crippen LogP contribution in [0.5, 0.6) is 0 Å². The maximum atomic E-state index is 13.3. The molecule has 0 saturated carbocycles. The van der Waals surface area contributed by atoms with Gasteiger partial charge in [-0.05, 0) is 13.6 Å². The Labute approximate surface area is 110 Å². The minimum Gasteiger partial charge on any atom is -0.378 e. The molecule has 0 saturated heterocycles. The van der Waals surface area contributed by atoms with Crippen molar-refractivity contribution < 1.29 is 9.31 Å². The Morgan fingerprint density at radius 3 is 2.78 bits per heavy atom. The van der Waals surface area contributed by atoms with Gasteiger partial charge < -0.3 is 10.2 Å². The number of nitro benzene ring substituents is 1. The highest BCUT2D eigenvalue weighted by Gasteiger charge is 2.17. The molecule has 5 nitrogen and oxygen atoms in total. The third kappa shape index (κ3) is 3.82. The molecule has 0 heterocycles. The van der Waals surface area contributed by atoms with Gasteiger partial charge in [-0.3, -0.25) is 10.1 Å². The van der Waals surface area contributed by atoms with Crippen molar-refractivity contribution in [2.45, 2.75) is 6.92 Å². The van der Waals surface area contributed by atoms with Crippen LogP contribution in [0, 0.1) is 15.9 Å². The Hall–Kier alpha value is -1.40. The van der Waals surface area contributed by atoms with Crippen LogP contribution in [0.1, 0.15) is 6.92 Å². The zero-order chi connectivity index (χ0) is 13.7. The van der Waals surface area contributed by atoms with Gasteiger partial charge in [0.15, 0.2) is 0 Å². The van der Waals surface area contributed by atoms with Gasteiger partial charge in [0.2, 0.25) is 0 Å². The van der Waals surface area contributed by atoms with Crippen molar-refractivity contribution in [3.05, 3.63) is 33.1 Å². The van der Waals surface area contributed by atoms with Crippen LogP contribution in [-0.4, -0.2) is 36.5 Å². The Morgan fingerprint density at radius 2 is 2.22 bits per heavy atom. The Bertz CT molecular complexity index is 443. The molecule has 1 aromatic carbocycles. The van der Waals surface area contributed by atoms with Gasteiger partial charge in [-0.25, -0.2) is 4.39 Å². The van der Waals surface area contributed by atoms with Crippen molar-refractivity contribution in [1.29, 1.82) is 0 Å². The van der Waals surface area contributed by atoms with Crippen molar-refractivity contribution in [1.82, 2.24) is 4.90 Å². The standard InChI is InChI=1S/C11H15ClFN3O2/c1-3-15(2)5-4-14-10-7-9(13)8(12)6-11(10)16(17)18/h6-7,14H,3-5H2,1-2H3. The average Bonchev–Trinajstić information content (AvgIpc) is 2.32. The fourth-order valence-electron chi connectivity index (χ4n) is 1.37. The van der Waals surface area contributed by atoms with E-state index in [1.54, 1.807) is 0 Å². The second kappa shape index (κ2) is 6.51. The normalized spacial score (nSPS) is 10.7. The van der Waals surface area contributed by atoms with Gasteiger partial charge in [-0.15, -0.1) is 0 Å². The lowest BCUT2D eigenvalue weighted by atomic mass is 10.2. The van der Waals surface area contributed by atoms with E-state index in [-0.39, 0.29) is 16.4 Å². The number of nitrogens with one attached hydrogen (secondary N) is 1. The van der Waals surface area contributed by atoms with Gasteiger partial charge >= 0.3 is 0 Å². The summed E-state index contributed by atoms with van der Waals surface area (Å²) in [6.45, 7) is 4.08. The topological polar surface area (TPSA) is 58.4 Å². The molecule has 0 aliphatic carbocycles. The van der Waals surface area contributed by atoms with Crippen LogP contribution in [0.2, 0.25) is 5.02 Å². The van der Waals surface area contributed by atoms with Crippen LogP contribution in [-0.2, 0) is 0 Å². The molecule has 0 atom stereocenters. The molecule has 0 radical (unpaired) electrons. The first-order valence-electron chi connectivity index (χ1n) is 5.51. The fourth-order valence-corrected chi connectivity index (χ4v) is 1.53. The van der Waals surface area contributed by atoms with Gasteiger partial charge in [0, 0.05) is 25.2 Å². The molecule has 1 N–H and O–H groups in total. The SMILES string of the molecule is CCN(C)CCNc1cc(F)c(Cl)cc1[N+](=O)[O-]. The van der Waals surface area contributed by atoms with Crippen LogP contribution >= 0.6 is 11.6 Å².